The molecule has 1 aliphatic rings. The third-order valence-corrected chi connectivity index (χ3v) is 4.05. The average Bonchev–Trinajstić information content (AvgIpc) is 2.84. The Morgan fingerprint density at radius 2 is 2.05 bits per heavy atom. The first kappa shape index (κ1) is 13.1. The van der Waals surface area contributed by atoms with E-state index in [0.29, 0.717) is 5.92 Å². The molecule has 2 heterocycles. The molecule has 0 amide bonds. The molecule has 5 heteroatoms. The van der Waals surface area contributed by atoms with Gasteiger partial charge in [0.25, 0.3) is 0 Å². The van der Waals surface area contributed by atoms with Crippen molar-refractivity contribution in [3.8, 4) is 0 Å². The highest BCUT2D eigenvalue weighted by Gasteiger charge is 2.26. The summed E-state index contributed by atoms with van der Waals surface area (Å²) in [6.07, 6.45) is 9.64. The fourth-order valence-corrected chi connectivity index (χ4v) is 3.05. The monoisotopic (exact) mass is 273 g/mol. The van der Waals surface area contributed by atoms with E-state index in [-0.39, 0.29) is 12.1 Å². The van der Waals surface area contributed by atoms with E-state index in [1.54, 1.807) is 0 Å². The zero-order valence-corrected chi connectivity index (χ0v) is 11.9. The summed E-state index contributed by atoms with van der Waals surface area (Å²) in [5, 5.41) is 0. The molecule has 1 saturated carbocycles. The van der Waals surface area contributed by atoms with Crippen molar-refractivity contribution in [1.29, 1.82) is 0 Å². The van der Waals surface area contributed by atoms with Crippen LogP contribution in [0.15, 0.2) is 18.6 Å². The number of aromatic nitrogens is 3. The molecule has 0 saturated heterocycles. The van der Waals surface area contributed by atoms with E-state index >= 15 is 0 Å². The molecule has 0 bridgehead atoms. The number of rotatable bonds is 2. The standard InChI is InChI=1S/C15H19N3O2/c1-10-14-9-17-15(18(14)8-7-16-10)12-3-5-13(6-4-12)20-11(2)19/h7-9,12-13H,3-6H2,1-2H3. The van der Waals surface area contributed by atoms with Crippen LogP contribution in [0.1, 0.15) is 50.0 Å². The summed E-state index contributed by atoms with van der Waals surface area (Å²) in [4.78, 5) is 19.9. The Bertz CT molecular complexity index is 627. The van der Waals surface area contributed by atoms with E-state index < -0.39 is 0 Å². The fraction of sp³-hybridized carbons (Fsp3) is 0.533. The maximum Gasteiger partial charge on any atom is 0.302 e. The van der Waals surface area contributed by atoms with Crippen LogP contribution >= 0.6 is 0 Å². The summed E-state index contributed by atoms with van der Waals surface area (Å²) in [6, 6.07) is 0. The molecule has 0 unspecified atom stereocenters. The van der Waals surface area contributed by atoms with Crippen LogP contribution in [0.3, 0.4) is 0 Å². The van der Waals surface area contributed by atoms with Gasteiger partial charge in [-0.15, -0.1) is 0 Å². The topological polar surface area (TPSA) is 56.5 Å². The number of fused-ring (bicyclic) bond motifs is 1. The zero-order chi connectivity index (χ0) is 14.1. The van der Waals surface area contributed by atoms with Gasteiger partial charge in [-0.3, -0.25) is 9.78 Å². The number of hydrogen-bond donors (Lipinski definition) is 0. The van der Waals surface area contributed by atoms with Crippen LogP contribution in [0.4, 0.5) is 0 Å². The summed E-state index contributed by atoms with van der Waals surface area (Å²) >= 11 is 0. The first-order valence-corrected chi connectivity index (χ1v) is 7.11. The molecular weight excluding hydrogens is 254 g/mol. The highest BCUT2D eigenvalue weighted by atomic mass is 16.5. The van der Waals surface area contributed by atoms with E-state index in [2.05, 4.69) is 14.4 Å². The molecule has 0 aliphatic heterocycles. The number of hydrogen-bond acceptors (Lipinski definition) is 4. The molecule has 0 aromatic carbocycles. The Morgan fingerprint density at radius 1 is 1.30 bits per heavy atom. The van der Waals surface area contributed by atoms with Crippen molar-refractivity contribution in [2.24, 2.45) is 0 Å². The molecule has 2 aromatic rings. The molecular formula is C15H19N3O2. The first-order valence-electron chi connectivity index (χ1n) is 7.11. The van der Waals surface area contributed by atoms with Gasteiger partial charge in [-0.2, -0.15) is 0 Å². The molecule has 106 valence electrons. The molecule has 0 N–H and O–H groups in total. The van der Waals surface area contributed by atoms with Crippen molar-refractivity contribution >= 4 is 11.5 Å². The summed E-state index contributed by atoms with van der Waals surface area (Å²) in [5.74, 6) is 1.36. The van der Waals surface area contributed by atoms with Crippen LogP contribution in [-0.2, 0) is 9.53 Å². The van der Waals surface area contributed by atoms with Gasteiger partial charge in [-0.1, -0.05) is 0 Å². The molecule has 0 atom stereocenters. The lowest BCUT2D eigenvalue weighted by Crippen LogP contribution is -2.23. The molecule has 2 aromatic heterocycles. The van der Waals surface area contributed by atoms with E-state index in [0.717, 1.165) is 42.7 Å². The Hall–Kier alpha value is -1.91. The van der Waals surface area contributed by atoms with Gasteiger partial charge in [0, 0.05) is 25.2 Å². The second-order valence-corrected chi connectivity index (χ2v) is 5.47. The van der Waals surface area contributed by atoms with Crippen molar-refractivity contribution < 1.29 is 9.53 Å². The van der Waals surface area contributed by atoms with E-state index in [4.69, 9.17) is 4.74 Å². The SMILES string of the molecule is CC(=O)OC1CCC(c2ncc3c(C)nccn23)CC1. The van der Waals surface area contributed by atoms with Gasteiger partial charge in [-0.25, -0.2) is 4.98 Å². The summed E-state index contributed by atoms with van der Waals surface area (Å²) < 4.78 is 7.43. The van der Waals surface area contributed by atoms with Crippen molar-refractivity contribution in [2.45, 2.75) is 51.6 Å². The van der Waals surface area contributed by atoms with Crippen LogP contribution < -0.4 is 0 Å². The lowest BCUT2D eigenvalue weighted by Gasteiger charge is -2.27. The van der Waals surface area contributed by atoms with Crippen molar-refractivity contribution in [3.63, 3.8) is 0 Å². The second-order valence-electron chi connectivity index (χ2n) is 5.47. The van der Waals surface area contributed by atoms with Gasteiger partial charge >= 0.3 is 5.97 Å². The maximum atomic E-state index is 11.0. The van der Waals surface area contributed by atoms with Crippen LogP contribution in [0.5, 0.6) is 0 Å². The fourth-order valence-electron chi connectivity index (χ4n) is 3.05. The lowest BCUT2D eigenvalue weighted by molar-refractivity contribution is -0.147. The van der Waals surface area contributed by atoms with Crippen molar-refractivity contribution in [3.05, 3.63) is 30.1 Å². The average molecular weight is 273 g/mol. The summed E-state index contributed by atoms with van der Waals surface area (Å²) in [5.41, 5.74) is 2.07. The molecule has 5 nitrogen and oxygen atoms in total. The van der Waals surface area contributed by atoms with Crippen LogP contribution in [0.25, 0.3) is 5.52 Å². The molecule has 1 aliphatic carbocycles. The Morgan fingerprint density at radius 3 is 2.75 bits per heavy atom. The largest absolute Gasteiger partial charge is 0.463 e. The number of imidazole rings is 1. The normalized spacial score (nSPS) is 22.9. The van der Waals surface area contributed by atoms with Crippen LogP contribution in [-0.4, -0.2) is 26.4 Å². The lowest BCUT2D eigenvalue weighted by atomic mass is 9.87. The predicted octanol–water partition coefficient (Wildman–Crippen LogP) is 2.63. The van der Waals surface area contributed by atoms with Gasteiger partial charge < -0.3 is 9.14 Å². The zero-order valence-electron chi connectivity index (χ0n) is 11.9. The van der Waals surface area contributed by atoms with E-state index in [1.807, 2.05) is 25.5 Å². The van der Waals surface area contributed by atoms with Crippen molar-refractivity contribution in [2.75, 3.05) is 0 Å². The number of ether oxygens (including phenoxy) is 1. The van der Waals surface area contributed by atoms with Gasteiger partial charge in [0.1, 0.15) is 11.9 Å². The Balaban J connectivity index is 1.77. The smallest absolute Gasteiger partial charge is 0.302 e. The third-order valence-electron chi connectivity index (χ3n) is 4.05. The minimum atomic E-state index is -0.179. The third kappa shape index (κ3) is 2.40. The quantitative estimate of drug-likeness (QED) is 0.789. The second kappa shape index (κ2) is 5.23. The maximum absolute atomic E-state index is 11.0. The number of nitrogens with zero attached hydrogens (tertiary/aromatic N) is 3. The highest BCUT2D eigenvalue weighted by Crippen LogP contribution is 2.33. The first-order chi connectivity index (χ1) is 9.65. The van der Waals surface area contributed by atoms with Gasteiger partial charge in [0.2, 0.25) is 0 Å². The molecule has 0 radical (unpaired) electrons. The molecule has 0 spiro atoms. The predicted molar refractivity (Wildman–Crippen MR) is 74.5 cm³/mol. The molecule has 1 fully saturated rings. The molecule has 3 rings (SSSR count). The minimum absolute atomic E-state index is 0.0818. The number of aryl methyl sites for hydroxylation is 1. The minimum Gasteiger partial charge on any atom is -0.463 e. The number of carbonyl (C=O) groups is 1. The van der Waals surface area contributed by atoms with Crippen LogP contribution in [0.2, 0.25) is 0 Å². The summed E-state index contributed by atoms with van der Waals surface area (Å²) in [7, 11) is 0. The molecule has 20 heavy (non-hydrogen) atoms. The van der Waals surface area contributed by atoms with Gasteiger partial charge in [0.15, 0.2) is 0 Å². The Labute approximate surface area is 118 Å². The van der Waals surface area contributed by atoms with Crippen LogP contribution in [0, 0.1) is 6.92 Å². The number of carbonyl (C=O) groups excluding carboxylic acids is 1. The van der Waals surface area contributed by atoms with E-state index in [9.17, 15) is 4.79 Å². The van der Waals surface area contributed by atoms with Gasteiger partial charge in [0.05, 0.1) is 17.4 Å². The van der Waals surface area contributed by atoms with Gasteiger partial charge in [-0.05, 0) is 32.6 Å². The Kier molecular flexibility index (Phi) is 3.42. The summed E-state index contributed by atoms with van der Waals surface area (Å²) in [6.45, 7) is 3.47. The highest BCUT2D eigenvalue weighted by molar-refractivity contribution is 5.66. The number of esters is 1. The van der Waals surface area contributed by atoms with Crippen molar-refractivity contribution in [1.82, 2.24) is 14.4 Å². The van der Waals surface area contributed by atoms with E-state index in [1.165, 1.54) is 6.92 Å².